The van der Waals surface area contributed by atoms with E-state index in [-0.39, 0.29) is 11.5 Å². The second-order valence-corrected chi connectivity index (χ2v) is 7.41. The summed E-state index contributed by atoms with van der Waals surface area (Å²) in [4.78, 5) is 2.59. The maximum Gasteiger partial charge on any atom is 0.0615 e. The van der Waals surface area contributed by atoms with Crippen LogP contribution >= 0.6 is 0 Å². The summed E-state index contributed by atoms with van der Waals surface area (Å²) in [5, 5.41) is 19.2. The minimum Gasteiger partial charge on any atom is -0.396 e. The van der Waals surface area contributed by atoms with Gasteiger partial charge in [0, 0.05) is 31.2 Å². The molecule has 1 aliphatic rings. The number of unbranched alkanes of at least 4 members (excludes halogenated alkanes) is 1. The number of hydrogen-bond donors (Lipinski definition) is 2. The summed E-state index contributed by atoms with van der Waals surface area (Å²) < 4.78 is 0. The van der Waals surface area contributed by atoms with Gasteiger partial charge in [-0.25, -0.2) is 0 Å². The smallest absolute Gasteiger partial charge is 0.0615 e. The Morgan fingerprint density at radius 2 is 2.00 bits per heavy atom. The quantitative estimate of drug-likeness (QED) is 0.720. The summed E-state index contributed by atoms with van der Waals surface area (Å²) in [5.41, 5.74) is 0.00291. The number of hydrogen-bond acceptors (Lipinski definition) is 3. The van der Waals surface area contributed by atoms with E-state index in [9.17, 15) is 5.11 Å². The van der Waals surface area contributed by atoms with Crippen LogP contribution in [0.1, 0.15) is 66.2 Å². The third-order valence-electron chi connectivity index (χ3n) is 4.91. The van der Waals surface area contributed by atoms with Crippen molar-refractivity contribution in [1.82, 2.24) is 4.90 Å². The number of likely N-dealkylation sites (tertiary alicyclic amines) is 1. The van der Waals surface area contributed by atoms with E-state index >= 15 is 0 Å². The van der Waals surface area contributed by atoms with Gasteiger partial charge in [0.25, 0.3) is 0 Å². The van der Waals surface area contributed by atoms with Crippen LogP contribution in [0, 0.1) is 11.3 Å². The molecule has 20 heavy (non-hydrogen) atoms. The zero-order valence-corrected chi connectivity index (χ0v) is 13.9. The first-order chi connectivity index (χ1) is 9.40. The molecule has 0 amide bonds. The summed E-state index contributed by atoms with van der Waals surface area (Å²) in [6, 6.07) is 0.614. The largest absolute Gasteiger partial charge is 0.396 e. The van der Waals surface area contributed by atoms with Crippen LogP contribution in [0.15, 0.2) is 0 Å². The zero-order chi connectivity index (χ0) is 15.2. The van der Waals surface area contributed by atoms with Gasteiger partial charge in [0.2, 0.25) is 0 Å². The molecule has 0 aromatic rings. The van der Waals surface area contributed by atoms with Crippen LogP contribution in [0.3, 0.4) is 0 Å². The Kier molecular flexibility index (Phi) is 7.49. The van der Waals surface area contributed by atoms with Crippen molar-refractivity contribution < 1.29 is 10.2 Å². The standard InChI is InChI=1S/C17H35NO2/c1-5-6-7-15(12-14(2)9-11-19)18-10-8-16(20)17(3,4)13-18/h14-16,19-20H,5-13H2,1-4H3. The average Bonchev–Trinajstić information content (AvgIpc) is 2.38. The molecule has 0 spiro atoms. The summed E-state index contributed by atoms with van der Waals surface area (Å²) in [6.07, 6.45) is 6.57. The SMILES string of the molecule is CCCCC(CC(C)CCO)N1CCC(O)C(C)(C)C1. The Morgan fingerprint density at radius 1 is 1.30 bits per heavy atom. The molecule has 1 aliphatic heterocycles. The van der Waals surface area contributed by atoms with Gasteiger partial charge in [-0.1, -0.05) is 40.5 Å². The van der Waals surface area contributed by atoms with Crippen LogP contribution in [0.25, 0.3) is 0 Å². The lowest BCUT2D eigenvalue weighted by atomic mass is 9.80. The molecule has 0 bridgehead atoms. The first-order valence-corrected chi connectivity index (χ1v) is 8.43. The third kappa shape index (κ3) is 5.34. The Morgan fingerprint density at radius 3 is 2.55 bits per heavy atom. The molecular formula is C17H35NO2. The number of nitrogens with zero attached hydrogens (tertiary/aromatic N) is 1. The monoisotopic (exact) mass is 285 g/mol. The van der Waals surface area contributed by atoms with Gasteiger partial charge in [-0.2, -0.15) is 0 Å². The molecule has 1 fully saturated rings. The predicted molar refractivity (Wildman–Crippen MR) is 84.8 cm³/mol. The van der Waals surface area contributed by atoms with E-state index in [4.69, 9.17) is 5.11 Å². The molecular weight excluding hydrogens is 250 g/mol. The van der Waals surface area contributed by atoms with Gasteiger partial charge in [0.05, 0.1) is 6.10 Å². The predicted octanol–water partition coefficient (Wildman–Crippen LogP) is 3.05. The number of rotatable bonds is 8. The van der Waals surface area contributed by atoms with Crippen molar-refractivity contribution in [1.29, 1.82) is 0 Å². The van der Waals surface area contributed by atoms with Gasteiger partial charge in [-0.3, -0.25) is 4.90 Å². The second-order valence-electron chi connectivity index (χ2n) is 7.41. The van der Waals surface area contributed by atoms with E-state index < -0.39 is 0 Å². The fourth-order valence-corrected chi connectivity index (χ4v) is 3.39. The van der Waals surface area contributed by atoms with E-state index in [1.54, 1.807) is 0 Å². The first kappa shape index (κ1) is 17.9. The van der Waals surface area contributed by atoms with Crippen LogP contribution < -0.4 is 0 Å². The van der Waals surface area contributed by atoms with Gasteiger partial charge < -0.3 is 10.2 Å². The highest BCUT2D eigenvalue weighted by Gasteiger charge is 2.37. The van der Waals surface area contributed by atoms with Crippen molar-refractivity contribution in [2.75, 3.05) is 19.7 Å². The Balaban J connectivity index is 2.62. The van der Waals surface area contributed by atoms with Gasteiger partial charge >= 0.3 is 0 Å². The number of piperidine rings is 1. The van der Waals surface area contributed by atoms with E-state index in [1.165, 1.54) is 25.7 Å². The van der Waals surface area contributed by atoms with Gasteiger partial charge in [-0.15, -0.1) is 0 Å². The molecule has 0 saturated carbocycles. The topological polar surface area (TPSA) is 43.7 Å². The van der Waals surface area contributed by atoms with Crippen LogP contribution in [-0.4, -0.2) is 47.0 Å². The van der Waals surface area contributed by atoms with Crippen LogP contribution in [0.4, 0.5) is 0 Å². The van der Waals surface area contributed by atoms with Gasteiger partial charge in [0.1, 0.15) is 0 Å². The Bertz CT molecular complexity index is 268. The van der Waals surface area contributed by atoms with Crippen molar-refractivity contribution in [3.05, 3.63) is 0 Å². The fraction of sp³-hybridized carbons (Fsp3) is 1.00. The van der Waals surface area contributed by atoms with E-state index in [2.05, 4.69) is 32.6 Å². The van der Waals surface area contributed by atoms with Crippen LogP contribution in [0.5, 0.6) is 0 Å². The molecule has 0 aromatic carbocycles. The lowest BCUT2D eigenvalue weighted by molar-refractivity contribution is -0.0426. The van der Waals surface area contributed by atoms with Gasteiger partial charge in [-0.05, 0) is 31.6 Å². The maximum absolute atomic E-state index is 10.1. The Hall–Kier alpha value is -0.120. The summed E-state index contributed by atoms with van der Waals surface area (Å²) in [6.45, 7) is 11.2. The molecule has 120 valence electrons. The highest BCUT2D eigenvalue weighted by Crippen LogP contribution is 2.32. The van der Waals surface area contributed by atoms with Crippen LogP contribution in [-0.2, 0) is 0 Å². The summed E-state index contributed by atoms with van der Waals surface area (Å²) in [7, 11) is 0. The van der Waals surface area contributed by atoms with Crippen molar-refractivity contribution >= 4 is 0 Å². The minimum absolute atomic E-state index is 0.00291. The lowest BCUT2D eigenvalue weighted by Crippen LogP contribution is -2.52. The molecule has 0 aromatic heterocycles. The van der Waals surface area contributed by atoms with E-state index in [1.807, 2.05) is 0 Å². The fourth-order valence-electron chi connectivity index (χ4n) is 3.39. The number of aliphatic hydroxyl groups excluding tert-OH is 2. The van der Waals surface area contributed by atoms with Crippen molar-refractivity contribution in [3.63, 3.8) is 0 Å². The molecule has 1 rings (SSSR count). The maximum atomic E-state index is 10.1. The number of aliphatic hydroxyl groups is 2. The van der Waals surface area contributed by atoms with Gasteiger partial charge in [0.15, 0.2) is 0 Å². The van der Waals surface area contributed by atoms with E-state index in [0.717, 1.165) is 25.9 Å². The molecule has 1 saturated heterocycles. The molecule has 1 heterocycles. The second kappa shape index (κ2) is 8.35. The lowest BCUT2D eigenvalue weighted by Gasteiger charge is -2.45. The minimum atomic E-state index is -0.166. The molecule has 2 N–H and O–H groups in total. The molecule has 0 radical (unpaired) electrons. The summed E-state index contributed by atoms with van der Waals surface area (Å²) in [5.74, 6) is 0.580. The Labute approximate surface area is 125 Å². The van der Waals surface area contributed by atoms with E-state index in [0.29, 0.717) is 18.6 Å². The highest BCUT2D eigenvalue weighted by molar-refractivity contribution is 4.90. The zero-order valence-electron chi connectivity index (χ0n) is 13.9. The average molecular weight is 285 g/mol. The molecule has 3 heteroatoms. The normalized spacial score (nSPS) is 26.4. The van der Waals surface area contributed by atoms with Crippen molar-refractivity contribution in [2.45, 2.75) is 78.4 Å². The molecule has 3 nitrogen and oxygen atoms in total. The molecule has 3 unspecified atom stereocenters. The molecule has 3 atom stereocenters. The highest BCUT2D eigenvalue weighted by atomic mass is 16.3. The van der Waals surface area contributed by atoms with Crippen molar-refractivity contribution in [2.24, 2.45) is 11.3 Å². The third-order valence-corrected chi connectivity index (χ3v) is 4.91. The van der Waals surface area contributed by atoms with Crippen molar-refractivity contribution in [3.8, 4) is 0 Å². The summed E-state index contributed by atoms with van der Waals surface area (Å²) >= 11 is 0. The molecule has 0 aliphatic carbocycles. The van der Waals surface area contributed by atoms with Crippen LogP contribution in [0.2, 0.25) is 0 Å². The first-order valence-electron chi connectivity index (χ1n) is 8.43.